The minimum atomic E-state index is -0.744. The highest BCUT2D eigenvalue weighted by Crippen LogP contribution is 2.23. The van der Waals surface area contributed by atoms with Crippen LogP contribution in [0.15, 0.2) is 36.4 Å². The molecule has 1 aromatic carbocycles. The van der Waals surface area contributed by atoms with Crippen molar-refractivity contribution in [2.24, 2.45) is 0 Å². The molecule has 0 atom stereocenters. The average molecular weight is 273 g/mol. The zero-order valence-corrected chi connectivity index (χ0v) is 11.5. The summed E-state index contributed by atoms with van der Waals surface area (Å²) in [5.41, 5.74) is 0.124. The van der Waals surface area contributed by atoms with Gasteiger partial charge in [0.15, 0.2) is 11.4 Å². The van der Waals surface area contributed by atoms with Crippen molar-refractivity contribution in [1.82, 2.24) is 9.97 Å². The maximum Gasteiger partial charge on any atom is 0.219 e. The summed E-state index contributed by atoms with van der Waals surface area (Å²) in [5.74, 6) is 3.42. The predicted octanol–water partition coefficient (Wildman–Crippen LogP) is 3.59. The van der Waals surface area contributed by atoms with Crippen LogP contribution in [-0.4, -0.2) is 15.6 Å². The standard InChI is InChI=1S/C15H13ClN2O/c1-4-15(2,3)19-13-10-12(16)17-14(18-13)11-8-6-5-7-9-11/h1,5-10H,2-3H3. The van der Waals surface area contributed by atoms with E-state index >= 15 is 0 Å². The van der Waals surface area contributed by atoms with Gasteiger partial charge in [-0.15, -0.1) is 6.42 Å². The Morgan fingerprint density at radius 2 is 1.89 bits per heavy atom. The highest BCUT2D eigenvalue weighted by Gasteiger charge is 2.17. The van der Waals surface area contributed by atoms with E-state index in [-0.39, 0.29) is 0 Å². The molecule has 0 spiro atoms. The van der Waals surface area contributed by atoms with Gasteiger partial charge >= 0.3 is 0 Å². The molecular formula is C15H13ClN2O. The lowest BCUT2D eigenvalue weighted by molar-refractivity contribution is 0.164. The van der Waals surface area contributed by atoms with Gasteiger partial charge in [-0.2, -0.15) is 4.98 Å². The minimum absolute atomic E-state index is 0.316. The molecule has 2 rings (SSSR count). The van der Waals surface area contributed by atoms with E-state index in [2.05, 4.69) is 15.9 Å². The summed E-state index contributed by atoms with van der Waals surface area (Å²) in [5, 5.41) is 0.316. The van der Waals surface area contributed by atoms with Crippen LogP contribution in [0.25, 0.3) is 11.4 Å². The number of aromatic nitrogens is 2. The fourth-order valence-electron chi connectivity index (χ4n) is 1.46. The molecular weight excluding hydrogens is 260 g/mol. The molecule has 96 valence electrons. The van der Waals surface area contributed by atoms with Crippen molar-refractivity contribution in [2.75, 3.05) is 0 Å². The van der Waals surface area contributed by atoms with Crippen LogP contribution in [0.5, 0.6) is 5.88 Å². The Hall–Kier alpha value is -2.05. The topological polar surface area (TPSA) is 35.0 Å². The van der Waals surface area contributed by atoms with Crippen LogP contribution in [0.4, 0.5) is 0 Å². The number of rotatable bonds is 3. The summed E-state index contributed by atoms with van der Waals surface area (Å²) >= 11 is 5.99. The smallest absolute Gasteiger partial charge is 0.219 e. The predicted molar refractivity (Wildman–Crippen MR) is 76.0 cm³/mol. The molecule has 2 aromatic rings. The van der Waals surface area contributed by atoms with Gasteiger partial charge in [-0.25, -0.2) is 4.98 Å². The third-order valence-electron chi connectivity index (χ3n) is 2.41. The molecule has 0 aliphatic rings. The first-order chi connectivity index (χ1) is 9.00. The SMILES string of the molecule is C#CC(C)(C)Oc1cc(Cl)nc(-c2ccccc2)n1. The molecule has 0 aliphatic heterocycles. The van der Waals surface area contributed by atoms with Crippen LogP contribution in [0, 0.1) is 12.3 Å². The van der Waals surface area contributed by atoms with Crippen LogP contribution < -0.4 is 4.74 Å². The summed E-state index contributed by atoms with van der Waals surface area (Å²) in [6.45, 7) is 3.57. The maximum absolute atomic E-state index is 5.99. The van der Waals surface area contributed by atoms with E-state index in [1.807, 2.05) is 30.3 Å². The second-order valence-corrected chi connectivity index (χ2v) is 4.86. The number of terminal acetylenes is 1. The molecule has 0 bridgehead atoms. The lowest BCUT2D eigenvalue weighted by Gasteiger charge is -2.19. The first kappa shape index (κ1) is 13.4. The average Bonchev–Trinajstić information content (AvgIpc) is 2.38. The molecule has 19 heavy (non-hydrogen) atoms. The van der Waals surface area contributed by atoms with Gasteiger partial charge < -0.3 is 4.74 Å². The van der Waals surface area contributed by atoms with Gasteiger partial charge in [0.1, 0.15) is 5.15 Å². The molecule has 0 unspecified atom stereocenters. The maximum atomic E-state index is 5.99. The third-order valence-corrected chi connectivity index (χ3v) is 2.60. The van der Waals surface area contributed by atoms with Gasteiger partial charge in [0.2, 0.25) is 5.88 Å². The normalized spacial score (nSPS) is 10.8. The van der Waals surface area contributed by atoms with E-state index in [0.29, 0.717) is 16.9 Å². The molecule has 0 aliphatic carbocycles. The first-order valence-electron chi connectivity index (χ1n) is 5.77. The highest BCUT2D eigenvalue weighted by atomic mass is 35.5. The fraction of sp³-hybridized carbons (Fsp3) is 0.200. The summed E-state index contributed by atoms with van der Waals surface area (Å²) in [6.07, 6.45) is 5.39. The molecule has 1 aromatic heterocycles. The zero-order chi connectivity index (χ0) is 13.9. The Balaban J connectivity index is 2.39. The van der Waals surface area contributed by atoms with E-state index in [0.717, 1.165) is 5.56 Å². The van der Waals surface area contributed by atoms with E-state index in [1.54, 1.807) is 19.9 Å². The lowest BCUT2D eigenvalue weighted by Crippen LogP contribution is -2.26. The van der Waals surface area contributed by atoms with E-state index in [1.165, 1.54) is 0 Å². The summed E-state index contributed by atoms with van der Waals surface area (Å²) in [6, 6.07) is 11.1. The molecule has 0 saturated heterocycles. The minimum Gasteiger partial charge on any atom is -0.458 e. The molecule has 0 radical (unpaired) electrons. The Morgan fingerprint density at radius 1 is 1.21 bits per heavy atom. The molecule has 3 nitrogen and oxygen atoms in total. The van der Waals surface area contributed by atoms with Crippen molar-refractivity contribution >= 4 is 11.6 Å². The van der Waals surface area contributed by atoms with Crippen molar-refractivity contribution in [3.05, 3.63) is 41.6 Å². The zero-order valence-electron chi connectivity index (χ0n) is 10.7. The highest BCUT2D eigenvalue weighted by molar-refractivity contribution is 6.29. The number of nitrogens with zero attached hydrogens (tertiary/aromatic N) is 2. The number of benzene rings is 1. The molecule has 0 fully saturated rings. The molecule has 0 amide bonds. The van der Waals surface area contributed by atoms with Gasteiger partial charge in [0, 0.05) is 11.6 Å². The molecule has 0 saturated carbocycles. The fourth-order valence-corrected chi connectivity index (χ4v) is 1.63. The van der Waals surface area contributed by atoms with E-state index in [4.69, 9.17) is 22.8 Å². The van der Waals surface area contributed by atoms with Crippen LogP contribution in [0.1, 0.15) is 13.8 Å². The lowest BCUT2D eigenvalue weighted by atomic mass is 10.1. The monoisotopic (exact) mass is 272 g/mol. The van der Waals surface area contributed by atoms with Crippen molar-refractivity contribution in [3.8, 4) is 29.6 Å². The first-order valence-corrected chi connectivity index (χ1v) is 6.15. The van der Waals surface area contributed by atoms with Crippen molar-refractivity contribution in [2.45, 2.75) is 19.4 Å². The summed E-state index contributed by atoms with van der Waals surface area (Å²) in [7, 11) is 0. The molecule has 1 heterocycles. The summed E-state index contributed by atoms with van der Waals surface area (Å²) < 4.78 is 5.62. The van der Waals surface area contributed by atoms with Gasteiger partial charge in [0.05, 0.1) is 0 Å². The van der Waals surface area contributed by atoms with Gasteiger partial charge in [0.25, 0.3) is 0 Å². The van der Waals surface area contributed by atoms with Crippen LogP contribution in [0.2, 0.25) is 5.15 Å². The number of ether oxygens (including phenoxy) is 1. The van der Waals surface area contributed by atoms with Crippen LogP contribution >= 0.6 is 11.6 Å². The van der Waals surface area contributed by atoms with Gasteiger partial charge in [-0.05, 0) is 13.8 Å². The number of hydrogen-bond donors (Lipinski definition) is 0. The molecule has 4 heteroatoms. The van der Waals surface area contributed by atoms with Gasteiger partial charge in [-0.3, -0.25) is 0 Å². The van der Waals surface area contributed by atoms with Crippen LogP contribution in [0.3, 0.4) is 0 Å². The van der Waals surface area contributed by atoms with Crippen molar-refractivity contribution < 1.29 is 4.74 Å². The molecule has 0 N–H and O–H groups in total. The largest absolute Gasteiger partial charge is 0.458 e. The number of halogens is 1. The number of hydrogen-bond acceptors (Lipinski definition) is 3. The van der Waals surface area contributed by atoms with Crippen LogP contribution in [-0.2, 0) is 0 Å². The van der Waals surface area contributed by atoms with E-state index < -0.39 is 5.60 Å². The Morgan fingerprint density at radius 3 is 2.53 bits per heavy atom. The second-order valence-electron chi connectivity index (χ2n) is 4.48. The van der Waals surface area contributed by atoms with Crippen molar-refractivity contribution in [1.29, 1.82) is 0 Å². The Bertz CT molecular complexity index is 618. The second kappa shape index (κ2) is 5.29. The Kier molecular flexibility index (Phi) is 3.73. The summed E-state index contributed by atoms with van der Waals surface area (Å²) in [4.78, 5) is 8.51. The third kappa shape index (κ3) is 3.46. The van der Waals surface area contributed by atoms with Crippen molar-refractivity contribution in [3.63, 3.8) is 0 Å². The van der Waals surface area contributed by atoms with E-state index in [9.17, 15) is 0 Å². The Labute approximate surface area is 117 Å². The van der Waals surface area contributed by atoms with Gasteiger partial charge in [-0.1, -0.05) is 47.9 Å². The quantitative estimate of drug-likeness (QED) is 0.633.